The number of imidazole rings is 1. The van der Waals surface area contributed by atoms with Crippen LogP contribution >= 0.6 is 0 Å². The standard InChI is InChI=1S/C24H34FN5O3S/c1-24(2,3)16-30-21-9-8-20(26-22(21)27(4)23(30)31)18-7-6-17(14-19(18)25)15-28-10-12-29(13-11-28)34(5,32)33/h6-9,14,20,26H,10-13,15-16H2,1-5H3. The van der Waals surface area contributed by atoms with Crippen LogP contribution in [0.1, 0.15) is 43.6 Å². The lowest BCUT2D eigenvalue weighted by molar-refractivity contribution is 0.182. The van der Waals surface area contributed by atoms with Gasteiger partial charge in [0.15, 0.2) is 0 Å². The Kier molecular flexibility index (Phi) is 6.52. The maximum Gasteiger partial charge on any atom is 0.330 e. The van der Waals surface area contributed by atoms with Gasteiger partial charge in [0, 0.05) is 51.9 Å². The fourth-order valence-electron chi connectivity index (χ4n) is 4.61. The van der Waals surface area contributed by atoms with Crippen molar-refractivity contribution in [3.8, 4) is 0 Å². The molecular weight excluding hydrogens is 457 g/mol. The minimum Gasteiger partial charge on any atom is -0.359 e. The van der Waals surface area contributed by atoms with Crippen LogP contribution in [0.2, 0.25) is 0 Å². The predicted molar refractivity (Wildman–Crippen MR) is 133 cm³/mol. The summed E-state index contributed by atoms with van der Waals surface area (Å²) in [6, 6.07) is 4.87. The fraction of sp³-hybridized carbons (Fsp3) is 0.542. The van der Waals surface area contributed by atoms with Gasteiger partial charge >= 0.3 is 5.69 Å². The third-order valence-electron chi connectivity index (χ3n) is 6.36. The van der Waals surface area contributed by atoms with Crippen LogP contribution in [0.4, 0.5) is 10.2 Å². The van der Waals surface area contributed by atoms with Gasteiger partial charge in [0.2, 0.25) is 10.0 Å². The zero-order chi connectivity index (χ0) is 24.8. The first-order valence-electron chi connectivity index (χ1n) is 11.5. The number of sulfonamides is 1. The Morgan fingerprint density at radius 3 is 2.41 bits per heavy atom. The molecule has 1 fully saturated rings. The summed E-state index contributed by atoms with van der Waals surface area (Å²) in [5.74, 6) is 0.381. The van der Waals surface area contributed by atoms with Gasteiger partial charge in [-0.1, -0.05) is 39.0 Å². The molecule has 2 aliphatic heterocycles. The summed E-state index contributed by atoms with van der Waals surface area (Å²) in [6.45, 7) is 9.55. The minimum absolute atomic E-state index is 0.0526. The number of aromatic nitrogens is 2. The maximum absolute atomic E-state index is 15.1. The minimum atomic E-state index is -3.17. The lowest BCUT2D eigenvalue weighted by Crippen LogP contribution is -2.47. The number of nitrogens with one attached hydrogen (secondary N) is 1. The molecule has 2 aliphatic rings. The van der Waals surface area contributed by atoms with Crippen LogP contribution in [0.5, 0.6) is 0 Å². The lowest BCUT2D eigenvalue weighted by atomic mass is 9.96. The van der Waals surface area contributed by atoms with Crippen molar-refractivity contribution in [1.29, 1.82) is 0 Å². The van der Waals surface area contributed by atoms with Crippen molar-refractivity contribution in [3.63, 3.8) is 0 Å². The monoisotopic (exact) mass is 491 g/mol. The van der Waals surface area contributed by atoms with E-state index < -0.39 is 10.0 Å². The Hall–Kier alpha value is -2.43. The Balaban J connectivity index is 1.48. The highest BCUT2D eigenvalue weighted by molar-refractivity contribution is 7.88. The van der Waals surface area contributed by atoms with Crippen LogP contribution in [-0.4, -0.2) is 59.2 Å². The second kappa shape index (κ2) is 8.98. The molecule has 0 spiro atoms. The summed E-state index contributed by atoms with van der Waals surface area (Å²) in [6.07, 6.45) is 5.02. The maximum atomic E-state index is 15.1. The molecule has 1 unspecified atom stereocenters. The summed E-state index contributed by atoms with van der Waals surface area (Å²) in [4.78, 5) is 14.9. The average molecular weight is 492 g/mol. The number of rotatable bonds is 5. The number of hydrogen-bond acceptors (Lipinski definition) is 5. The van der Waals surface area contributed by atoms with Gasteiger partial charge in [-0.2, -0.15) is 4.31 Å². The van der Waals surface area contributed by atoms with Crippen molar-refractivity contribution >= 4 is 21.9 Å². The molecule has 1 aromatic carbocycles. The van der Waals surface area contributed by atoms with Gasteiger partial charge in [-0.05, 0) is 23.1 Å². The molecule has 2 aromatic rings. The zero-order valence-corrected chi connectivity index (χ0v) is 21.3. The average Bonchev–Trinajstić information content (AvgIpc) is 2.97. The third-order valence-corrected chi connectivity index (χ3v) is 7.67. The topological polar surface area (TPSA) is 79.6 Å². The molecule has 8 nitrogen and oxygen atoms in total. The van der Waals surface area contributed by atoms with Crippen molar-refractivity contribution < 1.29 is 12.8 Å². The molecule has 10 heteroatoms. The van der Waals surface area contributed by atoms with Crippen molar-refractivity contribution in [2.75, 3.05) is 37.8 Å². The number of hydrogen-bond donors (Lipinski definition) is 1. The van der Waals surface area contributed by atoms with E-state index in [-0.39, 0.29) is 23.0 Å². The number of piperazine rings is 1. The van der Waals surface area contributed by atoms with E-state index in [9.17, 15) is 13.2 Å². The Bertz CT molecular complexity index is 1260. The number of anilines is 1. The van der Waals surface area contributed by atoms with Crippen LogP contribution in [0.15, 0.2) is 29.1 Å². The summed E-state index contributed by atoms with van der Waals surface area (Å²) in [5, 5.41) is 3.33. The van der Waals surface area contributed by atoms with Gasteiger partial charge < -0.3 is 5.32 Å². The van der Waals surface area contributed by atoms with Gasteiger partial charge in [-0.15, -0.1) is 0 Å². The normalized spacial score (nSPS) is 19.8. The molecule has 0 radical (unpaired) electrons. The molecule has 1 aromatic heterocycles. The Morgan fingerprint density at radius 1 is 1.15 bits per heavy atom. The molecule has 0 bridgehead atoms. The molecule has 0 aliphatic carbocycles. The first kappa shape index (κ1) is 24.7. The number of nitrogens with zero attached hydrogens (tertiary/aromatic N) is 4. The van der Waals surface area contributed by atoms with Crippen LogP contribution in [-0.2, 0) is 30.2 Å². The molecule has 1 atom stereocenters. The van der Waals surface area contributed by atoms with E-state index in [1.54, 1.807) is 28.3 Å². The second-order valence-corrected chi connectivity index (χ2v) is 12.5. The van der Waals surface area contributed by atoms with E-state index in [4.69, 9.17) is 0 Å². The van der Waals surface area contributed by atoms with E-state index in [2.05, 4.69) is 31.0 Å². The van der Waals surface area contributed by atoms with Gasteiger partial charge in [-0.3, -0.25) is 14.0 Å². The molecular formula is C24H34FN5O3S. The number of halogens is 1. The molecule has 186 valence electrons. The molecule has 0 amide bonds. The molecule has 1 N–H and O–H groups in total. The lowest BCUT2D eigenvalue weighted by Gasteiger charge is -2.33. The SMILES string of the molecule is Cn1c2c(n(CC(C)(C)C)c1=O)C=CC(c1ccc(CN3CCN(S(C)(=O)=O)CC3)cc1F)N2. The van der Waals surface area contributed by atoms with E-state index in [1.165, 1.54) is 10.6 Å². The zero-order valence-electron chi connectivity index (χ0n) is 20.5. The first-order chi connectivity index (χ1) is 15.8. The van der Waals surface area contributed by atoms with Crippen molar-refractivity contribution in [2.24, 2.45) is 12.5 Å². The third kappa shape index (κ3) is 5.13. The summed E-state index contributed by atoms with van der Waals surface area (Å²) >= 11 is 0. The Labute approximate surface area is 200 Å². The number of fused-ring (bicyclic) bond motifs is 1. The predicted octanol–water partition coefficient (Wildman–Crippen LogP) is 2.63. The van der Waals surface area contributed by atoms with Crippen LogP contribution in [0, 0.1) is 11.2 Å². The molecule has 34 heavy (non-hydrogen) atoms. The van der Waals surface area contributed by atoms with Gasteiger partial charge in [-0.25, -0.2) is 17.6 Å². The van der Waals surface area contributed by atoms with Crippen LogP contribution < -0.4 is 11.0 Å². The smallest absolute Gasteiger partial charge is 0.330 e. The van der Waals surface area contributed by atoms with Gasteiger partial charge in [0.25, 0.3) is 0 Å². The molecule has 4 rings (SSSR count). The molecule has 3 heterocycles. The second-order valence-electron chi connectivity index (χ2n) is 10.5. The highest BCUT2D eigenvalue weighted by Crippen LogP contribution is 2.32. The van der Waals surface area contributed by atoms with Crippen molar-refractivity contribution in [1.82, 2.24) is 18.3 Å². The largest absolute Gasteiger partial charge is 0.359 e. The van der Waals surface area contributed by atoms with Crippen LogP contribution in [0.3, 0.4) is 0 Å². The van der Waals surface area contributed by atoms with Gasteiger partial charge in [0.05, 0.1) is 18.0 Å². The highest BCUT2D eigenvalue weighted by atomic mass is 32.2. The van der Waals surface area contributed by atoms with E-state index in [0.717, 1.165) is 11.3 Å². The van der Waals surface area contributed by atoms with Crippen molar-refractivity contribution in [2.45, 2.75) is 39.9 Å². The first-order valence-corrected chi connectivity index (χ1v) is 13.4. The van der Waals surface area contributed by atoms with Crippen LogP contribution in [0.25, 0.3) is 6.08 Å². The Morgan fingerprint density at radius 2 is 1.82 bits per heavy atom. The highest BCUT2D eigenvalue weighted by Gasteiger charge is 2.27. The van der Waals surface area contributed by atoms with Crippen molar-refractivity contribution in [3.05, 3.63) is 57.4 Å². The summed E-state index contributed by atoms with van der Waals surface area (Å²) in [7, 11) is -1.44. The van der Waals surface area contributed by atoms with Gasteiger partial charge in [0.1, 0.15) is 11.6 Å². The quantitative estimate of drug-likeness (QED) is 0.696. The molecule has 1 saturated heterocycles. The van der Waals surface area contributed by atoms with E-state index in [1.807, 2.05) is 18.2 Å². The van der Waals surface area contributed by atoms with E-state index >= 15 is 4.39 Å². The fourth-order valence-corrected chi connectivity index (χ4v) is 5.44. The van der Waals surface area contributed by atoms with E-state index in [0.29, 0.717) is 50.6 Å². The molecule has 0 saturated carbocycles. The summed E-state index contributed by atoms with van der Waals surface area (Å²) in [5.41, 5.74) is 2.03. The number of benzene rings is 1. The summed E-state index contributed by atoms with van der Waals surface area (Å²) < 4.78 is 43.3.